The minimum atomic E-state index is 1.10. The Morgan fingerprint density at radius 2 is 1.94 bits per heavy atom. The number of aryl methyl sites for hydroxylation is 1. The van der Waals surface area contributed by atoms with E-state index in [0.29, 0.717) is 0 Å². The summed E-state index contributed by atoms with van der Waals surface area (Å²) in [6.45, 7) is 9.04. The van der Waals surface area contributed by atoms with Gasteiger partial charge in [-0.1, -0.05) is 12.1 Å². The Bertz CT molecular complexity index is 339. The van der Waals surface area contributed by atoms with Gasteiger partial charge in [0.1, 0.15) is 0 Å². The molecule has 1 aromatic rings. The van der Waals surface area contributed by atoms with Gasteiger partial charge in [0.25, 0.3) is 0 Å². The van der Waals surface area contributed by atoms with E-state index in [1.54, 1.807) is 0 Å². The number of hydrogen-bond donors (Lipinski definition) is 1. The van der Waals surface area contributed by atoms with Crippen LogP contribution in [0.2, 0.25) is 0 Å². The van der Waals surface area contributed by atoms with E-state index in [1.807, 2.05) is 0 Å². The van der Waals surface area contributed by atoms with E-state index in [0.717, 1.165) is 13.1 Å². The molecule has 0 aliphatic carbocycles. The van der Waals surface area contributed by atoms with Crippen molar-refractivity contribution in [3.05, 3.63) is 29.3 Å². The highest BCUT2D eigenvalue weighted by Crippen LogP contribution is 2.23. The summed E-state index contributed by atoms with van der Waals surface area (Å²) >= 11 is 0. The molecule has 1 saturated heterocycles. The van der Waals surface area contributed by atoms with Gasteiger partial charge in [-0.05, 0) is 50.4 Å². The van der Waals surface area contributed by atoms with Crippen LogP contribution in [0.5, 0.6) is 0 Å². The fraction of sp³-hybridized carbons (Fsp3) is 0.571. The summed E-state index contributed by atoms with van der Waals surface area (Å²) in [7, 11) is 0. The molecule has 1 aliphatic rings. The van der Waals surface area contributed by atoms with Crippen molar-refractivity contribution < 1.29 is 0 Å². The van der Waals surface area contributed by atoms with Gasteiger partial charge in [-0.25, -0.2) is 0 Å². The normalized spacial score (nSPS) is 18.0. The van der Waals surface area contributed by atoms with E-state index >= 15 is 0 Å². The quantitative estimate of drug-likeness (QED) is 0.779. The molecular weight excluding hydrogens is 196 g/mol. The molecule has 0 saturated carbocycles. The van der Waals surface area contributed by atoms with Crippen LogP contribution in [0.4, 0.5) is 5.69 Å². The zero-order valence-corrected chi connectivity index (χ0v) is 10.4. The highest BCUT2D eigenvalue weighted by atomic mass is 15.1. The van der Waals surface area contributed by atoms with E-state index in [1.165, 1.54) is 42.7 Å². The van der Waals surface area contributed by atoms with Crippen LogP contribution in [0.15, 0.2) is 18.2 Å². The first-order valence-electron chi connectivity index (χ1n) is 6.31. The smallest absolute Gasteiger partial charge is 0.0399 e. The maximum atomic E-state index is 3.48. The van der Waals surface area contributed by atoms with Crippen LogP contribution >= 0.6 is 0 Å². The zero-order chi connectivity index (χ0) is 11.4. The van der Waals surface area contributed by atoms with Gasteiger partial charge in [-0.15, -0.1) is 0 Å². The molecular formula is C14H22N2. The van der Waals surface area contributed by atoms with Gasteiger partial charge in [0.15, 0.2) is 0 Å². The second-order valence-corrected chi connectivity index (χ2v) is 4.66. The van der Waals surface area contributed by atoms with Crippen LogP contribution in [-0.4, -0.2) is 26.2 Å². The summed E-state index contributed by atoms with van der Waals surface area (Å²) in [6.07, 6.45) is 2.59. The van der Waals surface area contributed by atoms with Gasteiger partial charge in [0, 0.05) is 25.3 Å². The van der Waals surface area contributed by atoms with Crippen LogP contribution in [0, 0.1) is 13.8 Å². The summed E-state index contributed by atoms with van der Waals surface area (Å²) in [5.41, 5.74) is 4.25. The van der Waals surface area contributed by atoms with Crippen molar-refractivity contribution in [3.63, 3.8) is 0 Å². The Balaban J connectivity index is 2.17. The first-order chi connectivity index (χ1) is 7.79. The Morgan fingerprint density at radius 1 is 1.06 bits per heavy atom. The standard InChI is InChI=1S/C14H22N2/c1-12-6-5-7-14(13(12)2)16-10-4-3-8-15-9-11-16/h5-7,15H,3-4,8-11H2,1-2H3. The Labute approximate surface area is 98.7 Å². The van der Waals surface area contributed by atoms with E-state index in [4.69, 9.17) is 0 Å². The SMILES string of the molecule is Cc1cccc(N2CCCCNCC2)c1C. The number of nitrogens with zero attached hydrogens (tertiary/aromatic N) is 1. The molecule has 2 nitrogen and oxygen atoms in total. The highest BCUT2D eigenvalue weighted by Gasteiger charge is 2.11. The van der Waals surface area contributed by atoms with Gasteiger partial charge in [-0.3, -0.25) is 0 Å². The predicted molar refractivity (Wildman–Crippen MR) is 70.2 cm³/mol. The minimum Gasteiger partial charge on any atom is -0.370 e. The molecule has 1 N–H and O–H groups in total. The molecule has 0 radical (unpaired) electrons. The molecule has 0 bridgehead atoms. The summed E-state index contributed by atoms with van der Waals surface area (Å²) in [5, 5.41) is 3.48. The molecule has 0 unspecified atom stereocenters. The molecule has 1 aliphatic heterocycles. The largest absolute Gasteiger partial charge is 0.370 e. The summed E-state index contributed by atoms with van der Waals surface area (Å²) in [6, 6.07) is 6.62. The van der Waals surface area contributed by atoms with Crippen LogP contribution in [0.25, 0.3) is 0 Å². The monoisotopic (exact) mass is 218 g/mol. The van der Waals surface area contributed by atoms with Gasteiger partial charge in [0.2, 0.25) is 0 Å². The molecule has 0 aromatic heterocycles. The van der Waals surface area contributed by atoms with Crippen LogP contribution in [0.1, 0.15) is 24.0 Å². The number of benzene rings is 1. The lowest BCUT2D eigenvalue weighted by molar-refractivity contribution is 0.566. The molecule has 1 aromatic carbocycles. The first-order valence-corrected chi connectivity index (χ1v) is 6.31. The fourth-order valence-electron chi connectivity index (χ4n) is 2.32. The third kappa shape index (κ3) is 2.56. The molecule has 16 heavy (non-hydrogen) atoms. The average molecular weight is 218 g/mol. The molecule has 88 valence electrons. The number of rotatable bonds is 1. The first kappa shape index (κ1) is 11.5. The summed E-state index contributed by atoms with van der Waals surface area (Å²) < 4.78 is 0. The Kier molecular flexibility index (Phi) is 3.83. The number of anilines is 1. The van der Waals surface area contributed by atoms with Crippen LogP contribution in [0.3, 0.4) is 0 Å². The van der Waals surface area contributed by atoms with Gasteiger partial charge >= 0.3 is 0 Å². The summed E-state index contributed by atoms with van der Waals surface area (Å²) in [4.78, 5) is 2.52. The van der Waals surface area contributed by atoms with Crippen molar-refractivity contribution in [1.82, 2.24) is 5.32 Å². The third-order valence-electron chi connectivity index (χ3n) is 3.51. The fourth-order valence-corrected chi connectivity index (χ4v) is 2.32. The molecule has 1 heterocycles. The molecule has 2 heteroatoms. The average Bonchev–Trinajstić information content (AvgIpc) is 2.23. The Morgan fingerprint density at radius 3 is 2.81 bits per heavy atom. The van der Waals surface area contributed by atoms with Crippen molar-refractivity contribution in [1.29, 1.82) is 0 Å². The minimum absolute atomic E-state index is 1.10. The topological polar surface area (TPSA) is 15.3 Å². The predicted octanol–water partition coefficient (Wildman–Crippen LogP) is 2.49. The van der Waals surface area contributed by atoms with Crippen molar-refractivity contribution in [3.8, 4) is 0 Å². The highest BCUT2D eigenvalue weighted by molar-refractivity contribution is 5.56. The molecule has 2 rings (SSSR count). The maximum Gasteiger partial charge on any atom is 0.0399 e. The van der Waals surface area contributed by atoms with Crippen LogP contribution in [-0.2, 0) is 0 Å². The third-order valence-corrected chi connectivity index (χ3v) is 3.51. The van der Waals surface area contributed by atoms with Gasteiger partial charge in [0.05, 0.1) is 0 Å². The van der Waals surface area contributed by atoms with Crippen molar-refractivity contribution >= 4 is 5.69 Å². The van der Waals surface area contributed by atoms with Gasteiger partial charge < -0.3 is 10.2 Å². The van der Waals surface area contributed by atoms with E-state index in [-0.39, 0.29) is 0 Å². The van der Waals surface area contributed by atoms with Crippen molar-refractivity contribution in [2.45, 2.75) is 26.7 Å². The van der Waals surface area contributed by atoms with E-state index in [2.05, 4.69) is 42.3 Å². The second-order valence-electron chi connectivity index (χ2n) is 4.66. The lowest BCUT2D eigenvalue weighted by Crippen LogP contribution is -2.36. The maximum absolute atomic E-state index is 3.48. The molecule has 0 spiro atoms. The molecule has 0 amide bonds. The summed E-state index contributed by atoms with van der Waals surface area (Å²) in [5.74, 6) is 0. The zero-order valence-electron chi connectivity index (χ0n) is 10.4. The second kappa shape index (κ2) is 5.35. The van der Waals surface area contributed by atoms with E-state index in [9.17, 15) is 0 Å². The molecule has 0 atom stereocenters. The van der Waals surface area contributed by atoms with Crippen molar-refractivity contribution in [2.75, 3.05) is 31.1 Å². The number of nitrogens with one attached hydrogen (secondary N) is 1. The van der Waals surface area contributed by atoms with Crippen molar-refractivity contribution in [2.24, 2.45) is 0 Å². The molecule has 1 fully saturated rings. The lowest BCUT2D eigenvalue weighted by Gasteiger charge is -2.29. The van der Waals surface area contributed by atoms with Gasteiger partial charge in [-0.2, -0.15) is 0 Å². The van der Waals surface area contributed by atoms with Crippen LogP contribution < -0.4 is 10.2 Å². The number of hydrogen-bond acceptors (Lipinski definition) is 2. The van der Waals surface area contributed by atoms with E-state index < -0.39 is 0 Å². The lowest BCUT2D eigenvalue weighted by atomic mass is 10.1. The Hall–Kier alpha value is -1.02.